The fourth-order valence-electron chi connectivity index (χ4n) is 3.34. The molecule has 144 valence electrons. The van der Waals surface area contributed by atoms with Gasteiger partial charge in [-0.3, -0.25) is 14.9 Å². The summed E-state index contributed by atoms with van der Waals surface area (Å²) in [6, 6.07) is 1.10. The molecule has 3 rings (SSSR count). The monoisotopic (exact) mass is 369 g/mol. The fraction of sp³-hybridized carbons (Fsp3) is 0.722. The van der Waals surface area contributed by atoms with E-state index >= 15 is 0 Å². The molecule has 8 heteroatoms. The van der Waals surface area contributed by atoms with Crippen molar-refractivity contribution in [2.75, 3.05) is 11.9 Å². The lowest BCUT2D eigenvalue weighted by Crippen LogP contribution is -2.58. The second kappa shape index (κ2) is 6.63. The van der Waals surface area contributed by atoms with Crippen LogP contribution in [0.15, 0.2) is 10.6 Å². The number of amides is 2. The van der Waals surface area contributed by atoms with E-state index in [1.807, 2.05) is 20.8 Å². The van der Waals surface area contributed by atoms with Crippen LogP contribution < -0.4 is 5.32 Å². The Morgan fingerprint density at radius 3 is 2.42 bits per heavy atom. The van der Waals surface area contributed by atoms with Crippen molar-refractivity contribution < 1.29 is 22.9 Å². The van der Waals surface area contributed by atoms with Gasteiger partial charge in [0.1, 0.15) is 6.04 Å². The molecule has 1 saturated heterocycles. The molecule has 1 aromatic heterocycles. The first kappa shape index (κ1) is 18.8. The van der Waals surface area contributed by atoms with Crippen molar-refractivity contribution in [2.45, 2.75) is 70.3 Å². The molecule has 2 heterocycles. The van der Waals surface area contributed by atoms with Gasteiger partial charge in [0.05, 0.1) is 5.69 Å². The van der Waals surface area contributed by atoms with Gasteiger partial charge in [-0.2, -0.15) is 0 Å². The zero-order chi connectivity index (χ0) is 19.1. The summed E-state index contributed by atoms with van der Waals surface area (Å²) in [5.74, 6) is -3.36. The van der Waals surface area contributed by atoms with Crippen LogP contribution in [0.2, 0.25) is 0 Å². The third-order valence-electron chi connectivity index (χ3n) is 5.20. The minimum atomic E-state index is -2.67. The van der Waals surface area contributed by atoms with Crippen molar-refractivity contribution in [2.24, 2.45) is 5.92 Å². The summed E-state index contributed by atoms with van der Waals surface area (Å²) in [4.78, 5) is 26.5. The van der Waals surface area contributed by atoms with Gasteiger partial charge in [0.25, 0.3) is 0 Å². The van der Waals surface area contributed by atoms with E-state index in [0.29, 0.717) is 13.0 Å². The zero-order valence-corrected chi connectivity index (χ0v) is 15.3. The first-order valence-corrected chi connectivity index (χ1v) is 9.03. The van der Waals surface area contributed by atoms with Crippen LogP contribution in [0.25, 0.3) is 0 Å². The van der Waals surface area contributed by atoms with E-state index in [9.17, 15) is 18.4 Å². The third kappa shape index (κ3) is 3.88. The molecule has 0 bridgehead atoms. The van der Waals surface area contributed by atoms with Crippen molar-refractivity contribution >= 4 is 17.7 Å². The lowest BCUT2D eigenvalue weighted by molar-refractivity contribution is -0.152. The number of anilines is 1. The number of halogens is 2. The van der Waals surface area contributed by atoms with Crippen molar-refractivity contribution in [3.63, 3.8) is 0 Å². The minimum absolute atomic E-state index is 0.174. The van der Waals surface area contributed by atoms with E-state index in [-0.39, 0.29) is 48.8 Å². The molecule has 0 aromatic carbocycles. The molecule has 1 N–H and O–H groups in total. The summed E-state index contributed by atoms with van der Waals surface area (Å²) in [7, 11) is 0. The summed E-state index contributed by atoms with van der Waals surface area (Å²) in [5, 5.41) is 6.60. The van der Waals surface area contributed by atoms with Crippen LogP contribution in [0.3, 0.4) is 0 Å². The van der Waals surface area contributed by atoms with Gasteiger partial charge in [-0.15, -0.1) is 0 Å². The summed E-state index contributed by atoms with van der Waals surface area (Å²) >= 11 is 0. The summed E-state index contributed by atoms with van der Waals surface area (Å²) < 4.78 is 31.7. The molecule has 0 radical (unpaired) electrons. The van der Waals surface area contributed by atoms with Gasteiger partial charge < -0.3 is 9.42 Å². The van der Waals surface area contributed by atoms with E-state index in [1.165, 1.54) is 4.90 Å². The van der Waals surface area contributed by atoms with Crippen LogP contribution in [0.1, 0.15) is 58.6 Å². The maximum atomic E-state index is 13.3. The second-order valence-electron chi connectivity index (χ2n) is 8.28. The Labute approximate surface area is 151 Å². The molecule has 1 saturated carbocycles. The van der Waals surface area contributed by atoms with Crippen molar-refractivity contribution in [3.8, 4) is 0 Å². The van der Waals surface area contributed by atoms with Crippen LogP contribution in [0, 0.1) is 5.92 Å². The Morgan fingerprint density at radius 1 is 1.27 bits per heavy atom. The molecule has 1 aromatic rings. The third-order valence-corrected chi connectivity index (χ3v) is 5.20. The van der Waals surface area contributed by atoms with Crippen LogP contribution in [0.4, 0.5) is 14.7 Å². The first-order chi connectivity index (χ1) is 12.1. The Hall–Kier alpha value is -1.99. The Kier molecular flexibility index (Phi) is 4.79. The topological polar surface area (TPSA) is 75.4 Å². The number of hydrogen-bond acceptors (Lipinski definition) is 4. The van der Waals surface area contributed by atoms with Crippen molar-refractivity contribution in [3.05, 3.63) is 11.8 Å². The molecule has 0 spiro atoms. The van der Waals surface area contributed by atoms with Gasteiger partial charge in [-0.25, -0.2) is 8.78 Å². The van der Waals surface area contributed by atoms with Gasteiger partial charge in [-0.05, 0) is 19.3 Å². The maximum absolute atomic E-state index is 13.3. The number of nitrogens with one attached hydrogen (secondary N) is 1. The fourth-order valence-corrected chi connectivity index (χ4v) is 3.34. The Bertz CT molecular complexity index is 686. The van der Waals surface area contributed by atoms with Gasteiger partial charge in [0.2, 0.25) is 23.6 Å². The summed E-state index contributed by atoms with van der Waals surface area (Å²) in [6.07, 6.45) is 0.381. The van der Waals surface area contributed by atoms with E-state index in [1.54, 1.807) is 6.07 Å². The van der Waals surface area contributed by atoms with Crippen molar-refractivity contribution in [1.82, 2.24) is 10.1 Å². The Morgan fingerprint density at radius 2 is 1.92 bits per heavy atom. The number of carbonyl (C=O) groups excluding carboxylic acids is 2. The van der Waals surface area contributed by atoms with Gasteiger partial charge >= 0.3 is 0 Å². The van der Waals surface area contributed by atoms with Crippen LogP contribution >= 0.6 is 0 Å². The molecule has 6 nitrogen and oxygen atoms in total. The molecule has 0 unspecified atom stereocenters. The van der Waals surface area contributed by atoms with Crippen LogP contribution in [-0.2, 0) is 15.0 Å². The van der Waals surface area contributed by atoms with Gasteiger partial charge in [0.15, 0.2) is 0 Å². The number of nitrogens with zero attached hydrogens (tertiary/aromatic N) is 2. The molecule has 2 aliphatic rings. The van der Waals surface area contributed by atoms with Crippen LogP contribution in [-0.4, -0.2) is 40.4 Å². The normalized spacial score (nSPS) is 23.4. The zero-order valence-electron chi connectivity index (χ0n) is 15.3. The highest BCUT2D eigenvalue weighted by Crippen LogP contribution is 2.38. The Balaban J connectivity index is 1.57. The van der Waals surface area contributed by atoms with Crippen molar-refractivity contribution in [1.29, 1.82) is 0 Å². The molecule has 2 amide bonds. The lowest BCUT2D eigenvalue weighted by atomic mass is 9.84. The molecule has 1 aliphatic carbocycles. The highest BCUT2D eigenvalue weighted by molar-refractivity contribution is 5.97. The molecule has 1 aliphatic heterocycles. The van der Waals surface area contributed by atoms with E-state index in [4.69, 9.17) is 4.52 Å². The molecular formula is C18H25F2N3O3. The number of hydrogen-bond donors (Lipinski definition) is 1. The molecule has 26 heavy (non-hydrogen) atoms. The first-order valence-electron chi connectivity index (χ1n) is 9.03. The molecule has 1 atom stereocenters. The average molecular weight is 369 g/mol. The highest BCUT2D eigenvalue weighted by Gasteiger charge is 2.44. The van der Waals surface area contributed by atoms with Crippen LogP contribution in [0.5, 0.6) is 0 Å². The predicted molar refractivity (Wildman–Crippen MR) is 90.9 cm³/mol. The lowest BCUT2D eigenvalue weighted by Gasteiger charge is -2.42. The predicted octanol–water partition coefficient (Wildman–Crippen LogP) is 3.34. The number of alkyl halides is 2. The smallest absolute Gasteiger partial charge is 0.249 e. The SMILES string of the molecule is CC(C)(C)c1cc(NC(=O)[C@@H]2CCN2C(=O)C2CCC(F)(F)CC2)on1. The van der Waals surface area contributed by atoms with E-state index in [0.717, 1.165) is 5.69 Å². The number of likely N-dealkylation sites (tertiary alicyclic amines) is 1. The number of rotatable bonds is 3. The van der Waals surface area contributed by atoms with Gasteiger partial charge in [-0.1, -0.05) is 25.9 Å². The molecule has 2 fully saturated rings. The highest BCUT2D eigenvalue weighted by atomic mass is 19.3. The average Bonchev–Trinajstić information content (AvgIpc) is 2.94. The summed E-state index contributed by atoms with van der Waals surface area (Å²) in [6.45, 7) is 6.43. The largest absolute Gasteiger partial charge is 0.338 e. The number of aromatic nitrogens is 1. The van der Waals surface area contributed by atoms with E-state index in [2.05, 4.69) is 10.5 Å². The van der Waals surface area contributed by atoms with Gasteiger partial charge in [0, 0.05) is 36.8 Å². The minimum Gasteiger partial charge on any atom is -0.338 e. The van der Waals surface area contributed by atoms with E-state index < -0.39 is 17.9 Å². The second-order valence-corrected chi connectivity index (χ2v) is 8.28. The standard InChI is InChI=1S/C18H25F2N3O3/c1-17(2,3)13-10-14(26-22-13)21-15(24)12-6-9-23(12)16(25)11-4-7-18(19,20)8-5-11/h10-12H,4-9H2,1-3H3,(H,21,24)/t12-/m0/s1. The molecular weight excluding hydrogens is 344 g/mol. The quantitative estimate of drug-likeness (QED) is 0.887. The number of carbonyl (C=O) groups is 2. The maximum Gasteiger partial charge on any atom is 0.249 e. The summed E-state index contributed by atoms with van der Waals surface area (Å²) in [5.41, 5.74) is 0.519.